The topological polar surface area (TPSA) is 52.7 Å². The van der Waals surface area contributed by atoms with Gasteiger partial charge in [-0.2, -0.15) is 0 Å². The number of amides is 2. The van der Waals surface area contributed by atoms with Gasteiger partial charge >= 0.3 is 0 Å². The van der Waals surface area contributed by atoms with Gasteiger partial charge in [0.2, 0.25) is 11.8 Å². The van der Waals surface area contributed by atoms with Gasteiger partial charge in [-0.3, -0.25) is 14.5 Å². The molecule has 1 aromatic rings. The van der Waals surface area contributed by atoms with Gasteiger partial charge in [0.25, 0.3) is 0 Å². The Morgan fingerprint density at radius 3 is 2.67 bits per heavy atom. The zero-order valence-electron chi connectivity index (χ0n) is 12.3. The van der Waals surface area contributed by atoms with Crippen molar-refractivity contribution in [2.24, 2.45) is 0 Å². The average Bonchev–Trinajstić information content (AvgIpc) is 2.97. The minimum atomic E-state index is -0.144. The van der Waals surface area contributed by atoms with Crippen molar-refractivity contribution >= 4 is 17.5 Å². The molecule has 21 heavy (non-hydrogen) atoms. The fourth-order valence-corrected chi connectivity index (χ4v) is 3.01. The van der Waals surface area contributed by atoms with Crippen LogP contribution in [0.4, 0.5) is 5.69 Å². The standard InChI is InChI=1S/C16H21N3O2/c1-18-15(20)10-19(11-16(18)21)14-6-2-4-12(9-14)8-13-5-3-7-17-13/h2,4,6,9,13,17H,3,5,7-8,10-11H2,1H3. The van der Waals surface area contributed by atoms with E-state index in [2.05, 4.69) is 17.4 Å². The van der Waals surface area contributed by atoms with Crippen LogP contribution >= 0.6 is 0 Å². The average molecular weight is 287 g/mol. The maximum Gasteiger partial charge on any atom is 0.248 e. The Hall–Kier alpha value is -1.88. The van der Waals surface area contributed by atoms with Crippen LogP contribution in [0.3, 0.4) is 0 Å². The summed E-state index contributed by atoms with van der Waals surface area (Å²) in [7, 11) is 1.55. The zero-order valence-corrected chi connectivity index (χ0v) is 12.3. The molecule has 2 aliphatic heterocycles. The second-order valence-electron chi connectivity index (χ2n) is 5.87. The minimum Gasteiger partial charge on any atom is -0.353 e. The van der Waals surface area contributed by atoms with Gasteiger partial charge in [0, 0.05) is 18.8 Å². The molecule has 0 aliphatic carbocycles. The highest BCUT2D eigenvalue weighted by Gasteiger charge is 2.28. The summed E-state index contributed by atoms with van der Waals surface area (Å²) in [6.07, 6.45) is 3.46. The smallest absolute Gasteiger partial charge is 0.248 e. The first kappa shape index (κ1) is 14.1. The molecule has 3 rings (SSSR count). The number of anilines is 1. The van der Waals surface area contributed by atoms with Crippen molar-refractivity contribution in [2.45, 2.75) is 25.3 Å². The van der Waals surface area contributed by atoms with Crippen LogP contribution in [0.15, 0.2) is 24.3 Å². The van der Waals surface area contributed by atoms with Crippen LogP contribution in [0.1, 0.15) is 18.4 Å². The van der Waals surface area contributed by atoms with Gasteiger partial charge in [-0.05, 0) is 43.5 Å². The van der Waals surface area contributed by atoms with E-state index >= 15 is 0 Å². The summed E-state index contributed by atoms with van der Waals surface area (Å²) in [5.41, 5.74) is 2.21. The third kappa shape index (κ3) is 3.08. The molecule has 0 radical (unpaired) electrons. The fraction of sp³-hybridized carbons (Fsp3) is 0.500. The molecule has 2 aliphatic rings. The molecule has 5 heteroatoms. The number of carbonyl (C=O) groups is 2. The van der Waals surface area contributed by atoms with Crippen molar-refractivity contribution in [3.63, 3.8) is 0 Å². The van der Waals surface area contributed by atoms with Gasteiger partial charge in [0.1, 0.15) is 0 Å². The summed E-state index contributed by atoms with van der Waals surface area (Å²) < 4.78 is 0. The van der Waals surface area contributed by atoms with Crippen molar-refractivity contribution in [1.82, 2.24) is 10.2 Å². The lowest BCUT2D eigenvalue weighted by atomic mass is 10.0. The number of piperazine rings is 1. The first-order valence-corrected chi connectivity index (χ1v) is 7.50. The van der Waals surface area contributed by atoms with E-state index in [4.69, 9.17) is 0 Å². The molecule has 2 fully saturated rings. The number of imide groups is 1. The van der Waals surface area contributed by atoms with E-state index in [0.29, 0.717) is 6.04 Å². The lowest BCUT2D eigenvalue weighted by molar-refractivity contribution is -0.143. The van der Waals surface area contributed by atoms with Crippen LogP contribution in [-0.4, -0.2) is 49.4 Å². The van der Waals surface area contributed by atoms with Gasteiger partial charge < -0.3 is 10.2 Å². The number of hydrogen-bond donors (Lipinski definition) is 1. The van der Waals surface area contributed by atoms with Crippen LogP contribution in [0.2, 0.25) is 0 Å². The lowest BCUT2D eigenvalue weighted by Gasteiger charge is -2.32. The van der Waals surface area contributed by atoms with Gasteiger partial charge in [0.15, 0.2) is 0 Å². The molecule has 0 spiro atoms. The highest BCUT2D eigenvalue weighted by atomic mass is 16.2. The third-order valence-corrected chi connectivity index (χ3v) is 4.32. The molecule has 0 saturated carbocycles. The number of likely N-dealkylation sites (N-methyl/N-ethyl adjacent to an activating group) is 1. The van der Waals surface area contributed by atoms with E-state index in [1.54, 1.807) is 7.05 Å². The Bertz CT molecular complexity index is 534. The lowest BCUT2D eigenvalue weighted by Crippen LogP contribution is -2.52. The number of nitrogens with one attached hydrogen (secondary N) is 1. The van der Waals surface area contributed by atoms with Crippen molar-refractivity contribution in [1.29, 1.82) is 0 Å². The number of rotatable bonds is 3. The largest absolute Gasteiger partial charge is 0.353 e. The van der Waals surface area contributed by atoms with E-state index in [-0.39, 0.29) is 24.9 Å². The summed E-state index contributed by atoms with van der Waals surface area (Å²) in [6, 6.07) is 8.75. The van der Waals surface area contributed by atoms with Crippen LogP contribution in [0.25, 0.3) is 0 Å². The first-order chi connectivity index (χ1) is 10.1. The van der Waals surface area contributed by atoms with Crippen molar-refractivity contribution in [2.75, 3.05) is 31.6 Å². The van der Waals surface area contributed by atoms with Crippen molar-refractivity contribution in [3.8, 4) is 0 Å². The first-order valence-electron chi connectivity index (χ1n) is 7.50. The molecular weight excluding hydrogens is 266 g/mol. The highest BCUT2D eigenvalue weighted by molar-refractivity contribution is 6.02. The van der Waals surface area contributed by atoms with Crippen LogP contribution in [0.5, 0.6) is 0 Å². The predicted octanol–water partition coefficient (Wildman–Crippen LogP) is 0.786. The predicted molar refractivity (Wildman–Crippen MR) is 81.2 cm³/mol. The quantitative estimate of drug-likeness (QED) is 0.835. The van der Waals surface area contributed by atoms with Crippen molar-refractivity contribution in [3.05, 3.63) is 29.8 Å². The third-order valence-electron chi connectivity index (χ3n) is 4.32. The fourth-order valence-electron chi connectivity index (χ4n) is 3.01. The monoisotopic (exact) mass is 287 g/mol. The molecule has 0 bridgehead atoms. The molecule has 1 atom stereocenters. The molecule has 1 unspecified atom stereocenters. The molecule has 2 heterocycles. The summed E-state index contributed by atoms with van der Waals surface area (Å²) in [5, 5.41) is 3.50. The second kappa shape index (κ2) is 5.85. The van der Waals surface area contributed by atoms with E-state index in [1.165, 1.54) is 23.3 Å². The number of carbonyl (C=O) groups excluding carboxylic acids is 2. The zero-order chi connectivity index (χ0) is 14.8. The molecule has 1 N–H and O–H groups in total. The van der Waals surface area contributed by atoms with E-state index < -0.39 is 0 Å². The molecule has 1 aromatic carbocycles. The molecule has 112 valence electrons. The molecular formula is C16H21N3O2. The van der Waals surface area contributed by atoms with Gasteiger partial charge in [-0.1, -0.05) is 12.1 Å². The Labute approximate surface area is 124 Å². The Morgan fingerprint density at radius 1 is 1.24 bits per heavy atom. The Balaban J connectivity index is 1.73. The van der Waals surface area contributed by atoms with Crippen molar-refractivity contribution < 1.29 is 9.59 Å². The molecule has 2 amide bonds. The van der Waals surface area contributed by atoms with Gasteiger partial charge in [-0.25, -0.2) is 0 Å². The van der Waals surface area contributed by atoms with Gasteiger partial charge in [0.05, 0.1) is 13.1 Å². The maximum atomic E-state index is 11.8. The summed E-state index contributed by atoms with van der Waals surface area (Å²) in [5.74, 6) is -0.289. The SMILES string of the molecule is CN1C(=O)CN(c2cccc(CC3CCCN3)c2)CC1=O. The maximum absolute atomic E-state index is 11.8. The normalized spacial score (nSPS) is 23.0. The molecule has 2 saturated heterocycles. The van der Waals surface area contributed by atoms with E-state index in [9.17, 15) is 9.59 Å². The van der Waals surface area contributed by atoms with E-state index in [1.807, 2.05) is 17.0 Å². The van der Waals surface area contributed by atoms with Crippen LogP contribution in [0, 0.1) is 0 Å². The summed E-state index contributed by atoms with van der Waals surface area (Å²) >= 11 is 0. The number of hydrogen-bond acceptors (Lipinski definition) is 4. The molecule has 5 nitrogen and oxygen atoms in total. The van der Waals surface area contributed by atoms with Crippen LogP contribution < -0.4 is 10.2 Å². The number of nitrogens with zero attached hydrogens (tertiary/aromatic N) is 2. The highest BCUT2D eigenvalue weighted by Crippen LogP contribution is 2.21. The van der Waals surface area contributed by atoms with E-state index in [0.717, 1.165) is 18.7 Å². The minimum absolute atomic E-state index is 0.144. The number of benzene rings is 1. The summed E-state index contributed by atoms with van der Waals surface area (Å²) in [6.45, 7) is 1.65. The van der Waals surface area contributed by atoms with Gasteiger partial charge in [-0.15, -0.1) is 0 Å². The molecule has 0 aromatic heterocycles. The second-order valence-corrected chi connectivity index (χ2v) is 5.87. The summed E-state index contributed by atoms with van der Waals surface area (Å²) in [4.78, 5) is 26.7. The Morgan fingerprint density at radius 2 is 2.00 bits per heavy atom. The van der Waals surface area contributed by atoms with Crippen LogP contribution in [-0.2, 0) is 16.0 Å². The Kier molecular flexibility index (Phi) is 3.92.